The molecule has 0 unspecified atom stereocenters. The molecule has 1 aromatic carbocycles. The molecule has 23 heavy (non-hydrogen) atoms. The normalized spacial score (nSPS) is 11.5. The average Bonchev–Trinajstić information content (AvgIpc) is 2.99. The molecule has 0 aliphatic rings. The standard InChI is InChI=1S/C19H11N3S/c1-2-4-14-12(3-1)5-6-15(21-14)16-7-8-18-19(22-16)13-11-20-10-9-17(13)23-18/h1-11H. The average molecular weight is 313 g/mol. The monoisotopic (exact) mass is 313 g/mol. The highest BCUT2D eigenvalue weighted by Crippen LogP contribution is 2.33. The maximum Gasteiger partial charge on any atom is 0.0912 e. The maximum absolute atomic E-state index is 4.85. The first-order chi connectivity index (χ1) is 11.4. The quantitative estimate of drug-likeness (QED) is 0.434. The lowest BCUT2D eigenvalue weighted by molar-refractivity contribution is 1.32. The molecule has 0 fully saturated rings. The molecule has 4 aromatic heterocycles. The van der Waals surface area contributed by atoms with Crippen LogP contribution in [0.15, 0.2) is 67.0 Å². The summed E-state index contributed by atoms with van der Waals surface area (Å²) in [5.41, 5.74) is 3.79. The van der Waals surface area contributed by atoms with Crippen LogP contribution >= 0.6 is 11.3 Å². The smallest absolute Gasteiger partial charge is 0.0912 e. The lowest BCUT2D eigenvalue weighted by Gasteiger charge is -2.03. The van der Waals surface area contributed by atoms with E-state index in [0.717, 1.165) is 33.2 Å². The largest absolute Gasteiger partial charge is 0.264 e. The van der Waals surface area contributed by atoms with Crippen LogP contribution in [-0.2, 0) is 0 Å². The van der Waals surface area contributed by atoms with Crippen molar-refractivity contribution in [2.75, 3.05) is 0 Å². The van der Waals surface area contributed by atoms with E-state index in [-0.39, 0.29) is 0 Å². The van der Waals surface area contributed by atoms with Crippen LogP contribution in [0.1, 0.15) is 0 Å². The van der Waals surface area contributed by atoms with Crippen LogP contribution in [0.3, 0.4) is 0 Å². The zero-order valence-electron chi connectivity index (χ0n) is 12.1. The van der Waals surface area contributed by atoms with Gasteiger partial charge >= 0.3 is 0 Å². The Kier molecular flexibility index (Phi) is 2.66. The second-order valence-corrected chi connectivity index (χ2v) is 6.49. The van der Waals surface area contributed by atoms with Crippen molar-refractivity contribution in [1.29, 1.82) is 0 Å². The zero-order chi connectivity index (χ0) is 15.2. The van der Waals surface area contributed by atoms with Crippen molar-refractivity contribution in [1.82, 2.24) is 15.0 Å². The second kappa shape index (κ2) is 4.83. The number of aromatic nitrogens is 3. The molecule has 0 saturated carbocycles. The van der Waals surface area contributed by atoms with Crippen molar-refractivity contribution in [3.05, 3.63) is 67.0 Å². The first-order valence-corrected chi connectivity index (χ1v) is 8.19. The summed E-state index contributed by atoms with van der Waals surface area (Å²) in [6.07, 6.45) is 3.71. The number of hydrogen-bond donors (Lipinski definition) is 0. The molecule has 0 N–H and O–H groups in total. The van der Waals surface area contributed by atoms with Gasteiger partial charge in [-0.3, -0.25) is 4.98 Å². The summed E-state index contributed by atoms with van der Waals surface area (Å²) in [4.78, 5) is 13.8. The zero-order valence-corrected chi connectivity index (χ0v) is 12.9. The van der Waals surface area contributed by atoms with Gasteiger partial charge in [0.05, 0.1) is 27.1 Å². The Labute approximate surface area is 136 Å². The van der Waals surface area contributed by atoms with Crippen molar-refractivity contribution >= 4 is 42.5 Å². The fraction of sp³-hybridized carbons (Fsp3) is 0. The van der Waals surface area contributed by atoms with Crippen molar-refractivity contribution < 1.29 is 0 Å². The Morgan fingerprint density at radius 2 is 1.61 bits per heavy atom. The summed E-state index contributed by atoms with van der Waals surface area (Å²) in [7, 11) is 0. The minimum absolute atomic E-state index is 0.895. The van der Waals surface area contributed by atoms with Gasteiger partial charge < -0.3 is 0 Å². The van der Waals surface area contributed by atoms with Gasteiger partial charge in [-0.1, -0.05) is 24.3 Å². The van der Waals surface area contributed by atoms with Crippen molar-refractivity contribution in [3.63, 3.8) is 0 Å². The predicted octanol–water partition coefficient (Wildman–Crippen LogP) is 5.06. The Morgan fingerprint density at radius 3 is 2.61 bits per heavy atom. The topological polar surface area (TPSA) is 38.7 Å². The van der Waals surface area contributed by atoms with Gasteiger partial charge in [-0.05, 0) is 30.3 Å². The molecule has 4 heteroatoms. The van der Waals surface area contributed by atoms with Crippen molar-refractivity contribution in [2.24, 2.45) is 0 Å². The SMILES string of the molecule is c1ccc2nc(-c3ccc4sc5ccncc5c4n3)ccc2c1. The first-order valence-electron chi connectivity index (χ1n) is 7.38. The van der Waals surface area contributed by atoms with Crippen molar-refractivity contribution in [2.45, 2.75) is 0 Å². The van der Waals surface area contributed by atoms with Crippen LogP contribution < -0.4 is 0 Å². The number of rotatable bonds is 1. The summed E-state index contributed by atoms with van der Waals surface area (Å²) >= 11 is 1.75. The first kappa shape index (κ1) is 12.7. The molecule has 0 spiro atoms. The van der Waals surface area contributed by atoms with Gasteiger partial charge in [0.2, 0.25) is 0 Å². The van der Waals surface area contributed by atoms with Gasteiger partial charge in [-0.25, -0.2) is 9.97 Å². The van der Waals surface area contributed by atoms with Crippen LogP contribution in [0.5, 0.6) is 0 Å². The van der Waals surface area contributed by atoms with Crippen LogP contribution in [0, 0.1) is 0 Å². The fourth-order valence-corrected chi connectivity index (χ4v) is 3.85. The number of fused-ring (bicyclic) bond motifs is 4. The van der Waals surface area contributed by atoms with Crippen LogP contribution in [0.2, 0.25) is 0 Å². The lowest BCUT2D eigenvalue weighted by atomic mass is 10.1. The molecule has 0 atom stereocenters. The lowest BCUT2D eigenvalue weighted by Crippen LogP contribution is -1.88. The van der Waals surface area contributed by atoms with Gasteiger partial charge in [0.25, 0.3) is 0 Å². The van der Waals surface area contributed by atoms with Crippen LogP contribution in [0.25, 0.3) is 42.6 Å². The Morgan fingerprint density at radius 1 is 0.739 bits per heavy atom. The Bertz CT molecular complexity index is 1180. The Balaban J connectivity index is 1.76. The number of hydrogen-bond acceptors (Lipinski definition) is 4. The molecule has 4 heterocycles. The minimum atomic E-state index is 0.895. The molecule has 108 valence electrons. The maximum atomic E-state index is 4.85. The summed E-state index contributed by atoms with van der Waals surface area (Å²) in [5, 5.41) is 2.25. The molecule has 3 nitrogen and oxygen atoms in total. The molecular formula is C19H11N3S. The molecule has 5 rings (SSSR count). The number of para-hydroxylation sites is 1. The highest BCUT2D eigenvalue weighted by molar-refractivity contribution is 7.25. The summed E-state index contributed by atoms with van der Waals surface area (Å²) in [5.74, 6) is 0. The third kappa shape index (κ3) is 1.99. The van der Waals surface area contributed by atoms with E-state index in [1.165, 1.54) is 9.40 Å². The van der Waals surface area contributed by atoms with Crippen molar-refractivity contribution in [3.8, 4) is 11.4 Å². The van der Waals surface area contributed by atoms with Gasteiger partial charge in [0, 0.05) is 27.9 Å². The fourth-order valence-electron chi connectivity index (χ4n) is 2.84. The number of thiophene rings is 1. The van der Waals surface area contributed by atoms with Crippen LogP contribution in [-0.4, -0.2) is 15.0 Å². The van der Waals surface area contributed by atoms with E-state index in [4.69, 9.17) is 9.97 Å². The van der Waals surface area contributed by atoms with E-state index < -0.39 is 0 Å². The van der Waals surface area contributed by atoms with E-state index in [1.54, 1.807) is 11.3 Å². The molecule has 0 bridgehead atoms. The summed E-state index contributed by atoms with van der Waals surface area (Å²) in [6.45, 7) is 0. The highest BCUT2D eigenvalue weighted by atomic mass is 32.1. The number of pyridine rings is 3. The van der Waals surface area contributed by atoms with Gasteiger partial charge in [0.15, 0.2) is 0 Å². The minimum Gasteiger partial charge on any atom is -0.264 e. The molecule has 5 aromatic rings. The predicted molar refractivity (Wildman–Crippen MR) is 95.7 cm³/mol. The summed E-state index contributed by atoms with van der Waals surface area (Å²) < 4.78 is 2.39. The van der Waals surface area contributed by atoms with Gasteiger partial charge in [-0.2, -0.15) is 0 Å². The molecule has 0 amide bonds. The molecule has 0 saturated heterocycles. The second-order valence-electron chi connectivity index (χ2n) is 5.41. The van der Waals surface area contributed by atoms with Gasteiger partial charge in [0.1, 0.15) is 0 Å². The van der Waals surface area contributed by atoms with E-state index in [9.17, 15) is 0 Å². The Hall–Kier alpha value is -2.85. The van der Waals surface area contributed by atoms with E-state index in [0.29, 0.717) is 0 Å². The summed E-state index contributed by atoms with van der Waals surface area (Å²) in [6, 6.07) is 18.5. The molecular weight excluding hydrogens is 302 g/mol. The van der Waals surface area contributed by atoms with Gasteiger partial charge in [-0.15, -0.1) is 11.3 Å². The van der Waals surface area contributed by atoms with E-state index >= 15 is 0 Å². The number of nitrogens with zero attached hydrogens (tertiary/aromatic N) is 3. The molecule has 0 aliphatic heterocycles. The third-order valence-corrected chi connectivity index (χ3v) is 5.10. The van der Waals surface area contributed by atoms with Crippen LogP contribution in [0.4, 0.5) is 0 Å². The van der Waals surface area contributed by atoms with E-state index in [1.807, 2.05) is 48.8 Å². The van der Waals surface area contributed by atoms with E-state index in [2.05, 4.69) is 23.2 Å². The third-order valence-electron chi connectivity index (χ3n) is 3.98. The highest BCUT2D eigenvalue weighted by Gasteiger charge is 2.09. The number of benzene rings is 1. The molecule has 0 aliphatic carbocycles. The molecule has 0 radical (unpaired) electrons.